The summed E-state index contributed by atoms with van der Waals surface area (Å²) >= 11 is 0. The van der Waals surface area contributed by atoms with Gasteiger partial charge in [0.15, 0.2) is 6.10 Å². The van der Waals surface area contributed by atoms with Crippen molar-refractivity contribution in [3.8, 4) is 5.75 Å². The van der Waals surface area contributed by atoms with Crippen molar-refractivity contribution in [1.29, 1.82) is 0 Å². The van der Waals surface area contributed by atoms with Crippen molar-refractivity contribution in [3.63, 3.8) is 0 Å². The summed E-state index contributed by atoms with van der Waals surface area (Å²) in [6, 6.07) is 5.72. The summed E-state index contributed by atoms with van der Waals surface area (Å²) in [5.41, 5.74) is 7.50. The Kier molecular flexibility index (Phi) is 4.97. The lowest BCUT2D eigenvalue weighted by atomic mass is 10.1. The molecule has 0 saturated carbocycles. The first-order valence-corrected chi connectivity index (χ1v) is 5.71. The summed E-state index contributed by atoms with van der Waals surface area (Å²) in [6.07, 6.45) is -0.610. The molecule has 0 spiro atoms. The Morgan fingerprint density at radius 1 is 1.47 bits per heavy atom. The van der Waals surface area contributed by atoms with Crippen molar-refractivity contribution in [2.45, 2.75) is 33.4 Å². The number of esters is 1. The second-order valence-corrected chi connectivity index (χ2v) is 3.82. The number of ether oxygens (including phenoxy) is 2. The zero-order valence-electron chi connectivity index (χ0n) is 10.5. The molecule has 0 aliphatic rings. The highest BCUT2D eigenvalue weighted by molar-refractivity contribution is 5.74. The molecule has 0 aliphatic heterocycles. The van der Waals surface area contributed by atoms with Crippen LogP contribution in [0.5, 0.6) is 5.75 Å². The van der Waals surface area contributed by atoms with Crippen LogP contribution >= 0.6 is 0 Å². The monoisotopic (exact) mass is 237 g/mol. The zero-order chi connectivity index (χ0) is 12.8. The quantitative estimate of drug-likeness (QED) is 0.793. The van der Waals surface area contributed by atoms with Crippen molar-refractivity contribution in [2.75, 3.05) is 6.61 Å². The Hall–Kier alpha value is -1.55. The van der Waals surface area contributed by atoms with Crippen molar-refractivity contribution >= 4 is 5.97 Å². The fourth-order valence-electron chi connectivity index (χ4n) is 1.40. The Morgan fingerprint density at radius 2 is 2.18 bits per heavy atom. The highest BCUT2D eigenvalue weighted by atomic mass is 16.6. The second kappa shape index (κ2) is 6.25. The van der Waals surface area contributed by atoms with Crippen LogP contribution < -0.4 is 10.5 Å². The van der Waals surface area contributed by atoms with Crippen LogP contribution in [-0.2, 0) is 16.1 Å². The maximum Gasteiger partial charge on any atom is 0.347 e. The van der Waals surface area contributed by atoms with Gasteiger partial charge in [0, 0.05) is 6.54 Å². The molecule has 17 heavy (non-hydrogen) atoms. The van der Waals surface area contributed by atoms with E-state index < -0.39 is 6.10 Å². The molecule has 1 atom stereocenters. The van der Waals surface area contributed by atoms with Crippen LogP contribution in [0, 0.1) is 6.92 Å². The van der Waals surface area contributed by atoms with Crippen molar-refractivity contribution in [1.82, 2.24) is 0 Å². The standard InChI is InChI=1S/C13H19NO3/c1-4-16-13(15)10(3)17-12-7-11(8-14)6-5-9(12)2/h5-7,10H,4,8,14H2,1-3H3. The van der Waals surface area contributed by atoms with E-state index in [1.165, 1.54) is 0 Å². The maximum absolute atomic E-state index is 11.4. The van der Waals surface area contributed by atoms with Crippen LogP contribution in [0.1, 0.15) is 25.0 Å². The summed E-state index contributed by atoms with van der Waals surface area (Å²) in [4.78, 5) is 11.4. The third-order valence-corrected chi connectivity index (χ3v) is 2.41. The van der Waals surface area contributed by atoms with E-state index in [4.69, 9.17) is 15.2 Å². The molecule has 1 aromatic carbocycles. The lowest BCUT2D eigenvalue weighted by Gasteiger charge is -2.15. The van der Waals surface area contributed by atoms with E-state index in [1.54, 1.807) is 13.8 Å². The molecule has 4 heteroatoms. The van der Waals surface area contributed by atoms with Gasteiger partial charge < -0.3 is 15.2 Å². The van der Waals surface area contributed by atoms with Crippen LogP contribution in [0.25, 0.3) is 0 Å². The first kappa shape index (κ1) is 13.5. The molecule has 0 radical (unpaired) electrons. The van der Waals surface area contributed by atoms with E-state index in [0.717, 1.165) is 11.1 Å². The lowest BCUT2D eigenvalue weighted by Crippen LogP contribution is -2.26. The lowest BCUT2D eigenvalue weighted by molar-refractivity contribution is -0.150. The van der Waals surface area contributed by atoms with Crippen molar-refractivity contribution in [3.05, 3.63) is 29.3 Å². The number of hydrogen-bond acceptors (Lipinski definition) is 4. The molecule has 1 rings (SSSR count). The summed E-state index contributed by atoms with van der Waals surface area (Å²) in [7, 11) is 0. The molecular weight excluding hydrogens is 218 g/mol. The van der Waals surface area contributed by atoms with Crippen LogP contribution in [0.2, 0.25) is 0 Å². The van der Waals surface area contributed by atoms with Crippen LogP contribution in [0.3, 0.4) is 0 Å². The molecular formula is C13H19NO3. The topological polar surface area (TPSA) is 61.5 Å². The van der Waals surface area contributed by atoms with Gasteiger partial charge >= 0.3 is 5.97 Å². The number of rotatable bonds is 5. The molecule has 0 amide bonds. The molecule has 0 aromatic heterocycles. The van der Waals surface area contributed by atoms with Crippen molar-refractivity contribution < 1.29 is 14.3 Å². The predicted octanol–water partition coefficient (Wildman–Crippen LogP) is 1.78. The van der Waals surface area contributed by atoms with E-state index in [9.17, 15) is 4.79 Å². The molecule has 0 aliphatic carbocycles. The average molecular weight is 237 g/mol. The average Bonchev–Trinajstić information content (AvgIpc) is 2.32. The fourth-order valence-corrected chi connectivity index (χ4v) is 1.40. The van der Waals surface area contributed by atoms with Gasteiger partial charge in [-0.05, 0) is 38.0 Å². The van der Waals surface area contributed by atoms with Gasteiger partial charge in [-0.1, -0.05) is 12.1 Å². The third-order valence-electron chi connectivity index (χ3n) is 2.41. The van der Waals surface area contributed by atoms with Gasteiger partial charge in [-0.3, -0.25) is 0 Å². The number of benzene rings is 1. The second-order valence-electron chi connectivity index (χ2n) is 3.82. The molecule has 2 N–H and O–H groups in total. The fraction of sp³-hybridized carbons (Fsp3) is 0.462. The first-order valence-electron chi connectivity index (χ1n) is 5.71. The van der Waals surface area contributed by atoms with E-state index >= 15 is 0 Å². The van der Waals surface area contributed by atoms with E-state index in [1.807, 2.05) is 25.1 Å². The van der Waals surface area contributed by atoms with E-state index in [-0.39, 0.29) is 5.97 Å². The highest BCUT2D eigenvalue weighted by Crippen LogP contribution is 2.20. The summed E-state index contributed by atoms with van der Waals surface area (Å²) < 4.78 is 10.5. The predicted molar refractivity (Wildman–Crippen MR) is 65.8 cm³/mol. The Bertz CT molecular complexity index is 390. The molecule has 1 unspecified atom stereocenters. The molecule has 0 fully saturated rings. The third kappa shape index (κ3) is 3.75. The summed E-state index contributed by atoms with van der Waals surface area (Å²) in [5, 5.41) is 0. The Balaban J connectivity index is 2.76. The van der Waals surface area contributed by atoms with Gasteiger partial charge in [-0.2, -0.15) is 0 Å². The maximum atomic E-state index is 11.4. The van der Waals surface area contributed by atoms with E-state index in [2.05, 4.69) is 0 Å². The Morgan fingerprint density at radius 3 is 2.76 bits per heavy atom. The minimum atomic E-state index is -0.610. The van der Waals surface area contributed by atoms with Gasteiger partial charge in [0.1, 0.15) is 5.75 Å². The molecule has 4 nitrogen and oxygen atoms in total. The smallest absolute Gasteiger partial charge is 0.347 e. The molecule has 1 aromatic rings. The largest absolute Gasteiger partial charge is 0.479 e. The van der Waals surface area contributed by atoms with Gasteiger partial charge in [0.05, 0.1) is 6.61 Å². The van der Waals surface area contributed by atoms with Gasteiger partial charge in [0.2, 0.25) is 0 Å². The zero-order valence-corrected chi connectivity index (χ0v) is 10.5. The number of carbonyl (C=O) groups excluding carboxylic acids is 1. The highest BCUT2D eigenvalue weighted by Gasteiger charge is 2.16. The van der Waals surface area contributed by atoms with Crippen LogP contribution in [-0.4, -0.2) is 18.7 Å². The number of nitrogens with two attached hydrogens (primary N) is 1. The normalized spacial score (nSPS) is 12.0. The van der Waals surface area contributed by atoms with Crippen LogP contribution in [0.4, 0.5) is 0 Å². The Labute approximate surface area is 102 Å². The molecule has 0 bridgehead atoms. The number of hydrogen-bond donors (Lipinski definition) is 1. The molecule has 0 heterocycles. The number of carbonyl (C=O) groups is 1. The van der Waals surface area contributed by atoms with Gasteiger partial charge in [-0.15, -0.1) is 0 Å². The van der Waals surface area contributed by atoms with Crippen molar-refractivity contribution in [2.24, 2.45) is 5.73 Å². The van der Waals surface area contributed by atoms with Gasteiger partial charge in [-0.25, -0.2) is 4.79 Å². The minimum Gasteiger partial charge on any atom is -0.479 e. The molecule has 94 valence electrons. The summed E-state index contributed by atoms with van der Waals surface area (Å²) in [6.45, 7) is 6.17. The number of aryl methyl sites for hydroxylation is 1. The minimum absolute atomic E-state index is 0.356. The SMILES string of the molecule is CCOC(=O)C(C)Oc1cc(CN)ccc1C. The van der Waals surface area contributed by atoms with Gasteiger partial charge in [0.25, 0.3) is 0 Å². The van der Waals surface area contributed by atoms with E-state index in [0.29, 0.717) is 18.9 Å². The first-order chi connectivity index (χ1) is 8.08. The van der Waals surface area contributed by atoms with Crippen LogP contribution in [0.15, 0.2) is 18.2 Å². The molecule has 0 saturated heterocycles. The summed E-state index contributed by atoms with van der Waals surface area (Å²) in [5.74, 6) is 0.318.